The minimum atomic E-state index is -0.00689. The van der Waals surface area contributed by atoms with E-state index in [9.17, 15) is 0 Å². The maximum atomic E-state index is 6.60. The van der Waals surface area contributed by atoms with Crippen LogP contribution in [0.2, 0.25) is 10.0 Å². The molecule has 0 atom stereocenters. The average Bonchev–Trinajstić information content (AvgIpc) is 4.07. The van der Waals surface area contributed by atoms with Crippen molar-refractivity contribution in [3.05, 3.63) is 255 Å². The third-order valence-electron chi connectivity index (χ3n) is 13.9. The van der Waals surface area contributed by atoms with Gasteiger partial charge in [-0.2, -0.15) is 18.2 Å². The zero-order chi connectivity index (χ0) is 53.2. The maximum absolute atomic E-state index is 6.60. The number of halogens is 4. The van der Waals surface area contributed by atoms with Gasteiger partial charge >= 0.3 is 191 Å². The summed E-state index contributed by atoms with van der Waals surface area (Å²) in [7, 11) is 0. The van der Waals surface area contributed by atoms with Crippen LogP contribution in [0.5, 0.6) is 0 Å². The van der Waals surface area contributed by atoms with Crippen molar-refractivity contribution in [2.75, 3.05) is 0 Å². The second kappa shape index (κ2) is 24.8. The molecule has 10 rings (SSSR count). The molecule has 0 spiro atoms. The number of benzene rings is 8. The monoisotopic (exact) mass is 1150 g/mol. The van der Waals surface area contributed by atoms with Crippen LogP contribution in [0.1, 0.15) is 128 Å². The Hall–Kier alpha value is -4.98. The van der Waals surface area contributed by atoms with Gasteiger partial charge in [-0.25, -0.2) is 12.1 Å². The Labute approximate surface area is 492 Å². The Morgan fingerprint density at radius 2 is 0.829 bits per heavy atom. The molecule has 0 unspecified atom stereocenters. The number of hydrogen-bond donors (Lipinski definition) is 0. The summed E-state index contributed by atoms with van der Waals surface area (Å²) in [4.78, 5) is 0. The Morgan fingerprint density at radius 3 is 1.26 bits per heavy atom. The van der Waals surface area contributed by atoms with Crippen molar-refractivity contribution in [2.24, 2.45) is 0 Å². The van der Waals surface area contributed by atoms with Crippen LogP contribution in [0.4, 0.5) is 0 Å². The van der Waals surface area contributed by atoms with Gasteiger partial charge in [0.05, 0.1) is 0 Å². The fourth-order valence-electron chi connectivity index (χ4n) is 10.1. The summed E-state index contributed by atoms with van der Waals surface area (Å²) < 4.78 is 1.23. The summed E-state index contributed by atoms with van der Waals surface area (Å²) in [6.07, 6.45) is 0.925. The van der Waals surface area contributed by atoms with Crippen molar-refractivity contribution in [2.45, 2.75) is 111 Å². The quantitative estimate of drug-likeness (QED) is 0.146. The van der Waals surface area contributed by atoms with Gasteiger partial charge < -0.3 is 24.8 Å². The molecule has 5 heteroatoms. The molecule has 0 saturated carbocycles. The minimum Gasteiger partial charge on any atom is -1.00 e. The summed E-state index contributed by atoms with van der Waals surface area (Å²) in [6.45, 7) is 28.0. The SMILES string of the molecule is CC(C)(C)c1cc2c([c-]c1-c1ccccc1C(C)(C)C)Cc1cc(-c3ccccc3C(C)(C)C)c(C(C)(C)C)cc1-2.Clc1cc([C](=[Zr+2])c2ccc(-c3ccccc3)c(Cl)c2)ccc1-c1ccccc1.[Cl-].[Cl-].c1cc[cH-]c1. The van der Waals surface area contributed by atoms with Gasteiger partial charge in [-0.3, -0.25) is 0 Å². The van der Waals surface area contributed by atoms with Crippen LogP contribution < -0.4 is 24.8 Å². The molecule has 0 radical (unpaired) electrons. The third kappa shape index (κ3) is 13.8. The fourth-order valence-corrected chi connectivity index (χ4v) is 11.5. The smallest absolute Gasteiger partial charge is 0.172 e. The largest absolute Gasteiger partial charge is 1.00 e. The summed E-state index contributed by atoms with van der Waals surface area (Å²) in [5, 5.41) is 1.52. The van der Waals surface area contributed by atoms with Crippen LogP contribution in [0.3, 0.4) is 0 Å². The van der Waals surface area contributed by atoms with Crippen molar-refractivity contribution in [1.29, 1.82) is 0 Å². The molecule has 0 aliphatic heterocycles. The standard InChI is InChI=1S/C41H49.C25H16Cl2.C5H5.2ClH.Zr/c1-38(2,3)34-19-15-13-17-28(34)32-22-26-21-27-23-33(29-18-14-16-20-35(29)39(4,5)6)37(41(10,11)12)25-31(27)30(26)24-36(32)40(7,8)9;26-24-16-18(11-13-22(24)20-7-3-1-4-8-20)15-19-12-14-23(25(27)17-19)21-9-5-2-6-10-21;1-2-4-5-3-1;;;/h13-20,22,24-25H,21H2,1-12H3;1-14,16-17H;1-5H;2*1H;/q-1;;-1;;;+2/p-2. The van der Waals surface area contributed by atoms with E-state index in [4.69, 9.17) is 23.2 Å². The van der Waals surface area contributed by atoms with E-state index in [1.807, 2.05) is 78.9 Å². The number of fused-ring (bicyclic) bond motifs is 3. The molecule has 1 aliphatic rings. The van der Waals surface area contributed by atoms with Crippen molar-refractivity contribution < 1.29 is 49.0 Å². The number of rotatable bonds is 6. The van der Waals surface area contributed by atoms with Gasteiger partial charge in [0.15, 0.2) is 0 Å². The molecule has 9 aromatic rings. The normalized spacial score (nSPS) is 11.9. The first kappa shape index (κ1) is 60.3. The fraction of sp³-hybridized carbons (Fsp3) is 0.239. The molecule has 0 N–H and O–H groups in total. The van der Waals surface area contributed by atoms with Crippen LogP contribution in [-0.2, 0) is 52.3 Å². The van der Waals surface area contributed by atoms with Gasteiger partial charge in [0.25, 0.3) is 0 Å². The summed E-state index contributed by atoms with van der Waals surface area (Å²) >= 11 is 14.5. The van der Waals surface area contributed by atoms with Gasteiger partial charge in [0.2, 0.25) is 0 Å². The molecular formula is C71H70Cl4Zr-2. The molecule has 0 bridgehead atoms. The second-order valence-corrected chi connectivity index (χ2v) is 25.8. The molecule has 9 aromatic carbocycles. The zero-order valence-corrected chi connectivity index (χ0v) is 51.7. The van der Waals surface area contributed by atoms with Gasteiger partial charge in [0, 0.05) is 0 Å². The Balaban J connectivity index is 0.000000232. The van der Waals surface area contributed by atoms with E-state index in [-0.39, 0.29) is 46.5 Å². The van der Waals surface area contributed by atoms with E-state index in [2.05, 4.69) is 204 Å². The molecule has 0 nitrogen and oxygen atoms in total. The average molecular weight is 1160 g/mol. The molecule has 0 amide bonds. The van der Waals surface area contributed by atoms with E-state index < -0.39 is 0 Å². The van der Waals surface area contributed by atoms with Crippen molar-refractivity contribution >= 4 is 26.4 Å². The van der Waals surface area contributed by atoms with Crippen molar-refractivity contribution in [3.63, 3.8) is 0 Å². The van der Waals surface area contributed by atoms with Crippen molar-refractivity contribution in [1.82, 2.24) is 0 Å². The van der Waals surface area contributed by atoms with E-state index in [1.165, 1.54) is 94.2 Å². The first-order valence-corrected chi connectivity index (χ1v) is 27.9. The molecule has 0 saturated heterocycles. The molecule has 1 aliphatic carbocycles. The van der Waals surface area contributed by atoms with E-state index in [1.54, 1.807) is 0 Å². The Bertz CT molecular complexity index is 3180. The molecule has 0 fully saturated rings. The summed E-state index contributed by atoms with van der Waals surface area (Å²) in [5.74, 6) is 0. The van der Waals surface area contributed by atoms with Crippen LogP contribution in [0.15, 0.2) is 194 Å². The first-order chi connectivity index (χ1) is 35.0. The molecule has 388 valence electrons. The van der Waals surface area contributed by atoms with E-state index in [0.717, 1.165) is 49.8 Å². The van der Waals surface area contributed by atoms with Crippen LogP contribution >= 0.6 is 23.2 Å². The maximum Gasteiger partial charge on any atom is -0.172 e. The van der Waals surface area contributed by atoms with E-state index >= 15 is 0 Å². The topological polar surface area (TPSA) is 0 Å². The van der Waals surface area contributed by atoms with Gasteiger partial charge in [-0.15, -0.1) is 28.8 Å². The third-order valence-corrected chi connectivity index (χ3v) is 16.0. The first-order valence-electron chi connectivity index (χ1n) is 25.9. The predicted octanol–water partition coefficient (Wildman–Crippen LogP) is 14.4. The molecule has 0 heterocycles. The van der Waals surface area contributed by atoms with Gasteiger partial charge in [-0.1, -0.05) is 166 Å². The predicted molar refractivity (Wildman–Crippen MR) is 318 cm³/mol. The second-order valence-electron chi connectivity index (χ2n) is 23.7. The summed E-state index contributed by atoms with van der Waals surface area (Å²) in [6, 6.07) is 72.5. The van der Waals surface area contributed by atoms with Crippen molar-refractivity contribution in [3.8, 4) is 55.6 Å². The van der Waals surface area contributed by atoms with Gasteiger partial charge in [-0.05, 0) is 55.9 Å². The van der Waals surface area contributed by atoms with Crippen LogP contribution in [0, 0.1) is 6.07 Å². The van der Waals surface area contributed by atoms with Gasteiger partial charge in [0.1, 0.15) is 0 Å². The zero-order valence-electron chi connectivity index (χ0n) is 46.2. The molecular weight excluding hydrogens is 1090 g/mol. The summed E-state index contributed by atoms with van der Waals surface area (Å²) in [5.41, 5.74) is 23.1. The van der Waals surface area contributed by atoms with E-state index in [0.29, 0.717) is 0 Å². The van der Waals surface area contributed by atoms with Crippen LogP contribution in [0.25, 0.3) is 55.6 Å². The minimum absolute atomic E-state index is 0. The molecule has 76 heavy (non-hydrogen) atoms. The van der Waals surface area contributed by atoms with Crippen LogP contribution in [-0.4, -0.2) is 3.21 Å². The number of hydrogen-bond acceptors (Lipinski definition) is 0. The Kier molecular flexibility index (Phi) is 19.6. The molecule has 0 aromatic heterocycles. The Morgan fingerprint density at radius 1 is 0.408 bits per heavy atom.